The number of nitro benzene ring substituents is 1. The number of anilines is 1. The lowest BCUT2D eigenvalue weighted by Gasteiger charge is -2.13. The maximum Gasteiger partial charge on any atom is 0.269 e. The fraction of sp³-hybridized carbons (Fsp3) is 0.0909. The second kappa shape index (κ2) is 8.02. The Kier molecular flexibility index (Phi) is 6.33. The molecule has 0 saturated heterocycles. The van der Waals surface area contributed by atoms with Crippen molar-refractivity contribution < 1.29 is 4.92 Å². The van der Waals surface area contributed by atoms with E-state index in [-0.39, 0.29) is 10.8 Å². The number of hydrogen-bond donors (Lipinski definition) is 4. The Bertz CT molecular complexity index is 518. The quantitative estimate of drug-likeness (QED) is 0.287. The molecule has 0 radical (unpaired) electrons. The zero-order valence-corrected chi connectivity index (χ0v) is 12.0. The van der Waals surface area contributed by atoms with Crippen LogP contribution in [-0.4, -0.2) is 21.7 Å². The van der Waals surface area contributed by atoms with Gasteiger partial charge < -0.3 is 10.6 Å². The maximum atomic E-state index is 10.5. The standard InChI is InChI=1S/C11H13N5O2S2/c1-2-7-12-10(19)14-15-11(20)13-8-3-5-9(6-4-8)16(17)18/h2-6H,1,7H2,(H2,12,14,19)(H2,13,15,20). The fourth-order valence-electron chi connectivity index (χ4n) is 1.15. The monoisotopic (exact) mass is 311 g/mol. The molecule has 0 aliphatic carbocycles. The molecular weight excluding hydrogens is 298 g/mol. The van der Waals surface area contributed by atoms with E-state index in [0.29, 0.717) is 17.3 Å². The van der Waals surface area contributed by atoms with E-state index in [1.54, 1.807) is 18.2 Å². The van der Waals surface area contributed by atoms with Crippen molar-refractivity contribution in [1.29, 1.82) is 0 Å². The molecule has 0 amide bonds. The summed E-state index contributed by atoms with van der Waals surface area (Å²) >= 11 is 9.98. The number of hydrazine groups is 1. The Labute approximate surface area is 126 Å². The predicted molar refractivity (Wildman–Crippen MR) is 86.4 cm³/mol. The minimum atomic E-state index is -0.467. The van der Waals surface area contributed by atoms with E-state index in [4.69, 9.17) is 24.4 Å². The van der Waals surface area contributed by atoms with E-state index in [9.17, 15) is 10.1 Å². The first-order chi connectivity index (χ1) is 9.52. The number of thiocarbonyl (C=S) groups is 2. The minimum Gasteiger partial charge on any atom is -0.358 e. The number of hydrogen-bond acceptors (Lipinski definition) is 4. The average Bonchev–Trinajstić information content (AvgIpc) is 2.43. The Balaban J connectivity index is 2.40. The van der Waals surface area contributed by atoms with E-state index < -0.39 is 4.92 Å². The van der Waals surface area contributed by atoms with Gasteiger partial charge in [0, 0.05) is 24.4 Å². The first-order valence-corrected chi connectivity index (χ1v) is 6.30. The highest BCUT2D eigenvalue weighted by Gasteiger charge is 2.04. The Hall–Kier alpha value is -2.26. The second-order valence-corrected chi connectivity index (χ2v) is 4.32. The summed E-state index contributed by atoms with van der Waals surface area (Å²) < 4.78 is 0. The van der Waals surface area contributed by atoms with E-state index in [2.05, 4.69) is 28.1 Å². The van der Waals surface area contributed by atoms with Gasteiger partial charge in [-0.3, -0.25) is 21.0 Å². The Morgan fingerprint density at radius 1 is 1.25 bits per heavy atom. The lowest BCUT2D eigenvalue weighted by atomic mass is 10.3. The van der Waals surface area contributed by atoms with Crippen LogP contribution in [0.1, 0.15) is 0 Å². The van der Waals surface area contributed by atoms with Crippen LogP contribution < -0.4 is 21.5 Å². The first kappa shape index (κ1) is 15.8. The summed E-state index contributed by atoms with van der Waals surface area (Å²) in [6.45, 7) is 4.08. The van der Waals surface area contributed by atoms with Gasteiger partial charge in [-0.25, -0.2) is 0 Å². The van der Waals surface area contributed by atoms with Crippen molar-refractivity contribution in [3.63, 3.8) is 0 Å². The highest BCUT2D eigenvalue weighted by atomic mass is 32.1. The Morgan fingerprint density at radius 3 is 2.40 bits per heavy atom. The van der Waals surface area contributed by atoms with Crippen molar-refractivity contribution in [2.75, 3.05) is 11.9 Å². The molecule has 0 aliphatic rings. The zero-order chi connectivity index (χ0) is 15.0. The minimum absolute atomic E-state index is 0.0161. The van der Waals surface area contributed by atoms with Crippen LogP contribution in [0.4, 0.5) is 11.4 Å². The topological polar surface area (TPSA) is 91.3 Å². The molecule has 0 spiro atoms. The molecule has 1 aromatic carbocycles. The molecule has 0 atom stereocenters. The van der Waals surface area contributed by atoms with Crippen LogP contribution in [0.2, 0.25) is 0 Å². The molecule has 1 aromatic rings. The summed E-state index contributed by atoms with van der Waals surface area (Å²) in [5.41, 5.74) is 5.99. The van der Waals surface area contributed by atoms with Crippen molar-refractivity contribution in [3.8, 4) is 0 Å². The van der Waals surface area contributed by atoms with Gasteiger partial charge in [0.1, 0.15) is 0 Å². The molecule has 0 aromatic heterocycles. The van der Waals surface area contributed by atoms with Gasteiger partial charge in [-0.2, -0.15) is 0 Å². The molecular formula is C11H13N5O2S2. The molecule has 7 nitrogen and oxygen atoms in total. The smallest absolute Gasteiger partial charge is 0.269 e. The highest BCUT2D eigenvalue weighted by molar-refractivity contribution is 7.80. The maximum absolute atomic E-state index is 10.5. The number of nitrogens with one attached hydrogen (secondary N) is 4. The van der Waals surface area contributed by atoms with E-state index in [1.165, 1.54) is 12.1 Å². The van der Waals surface area contributed by atoms with Gasteiger partial charge in [-0.05, 0) is 36.6 Å². The van der Waals surface area contributed by atoms with Crippen molar-refractivity contribution in [3.05, 3.63) is 47.0 Å². The largest absolute Gasteiger partial charge is 0.358 e. The fourth-order valence-corrected chi connectivity index (χ4v) is 1.45. The van der Waals surface area contributed by atoms with Crippen molar-refractivity contribution >= 4 is 46.0 Å². The van der Waals surface area contributed by atoms with Gasteiger partial charge in [-0.15, -0.1) is 6.58 Å². The second-order valence-electron chi connectivity index (χ2n) is 3.51. The van der Waals surface area contributed by atoms with Crippen molar-refractivity contribution in [2.24, 2.45) is 0 Å². The molecule has 1 rings (SSSR count). The van der Waals surface area contributed by atoms with Crippen LogP contribution >= 0.6 is 24.4 Å². The molecule has 4 N–H and O–H groups in total. The molecule has 0 heterocycles. The average molecular weight is 311 g/mol. The van der Waals surface area contributed by atoms with Crippen LogP contribution in [0.25, 0.3) is 0 Å². The lowest BCUT2D eigenvalue weighted by Crippen LogP contribution is -2.48. The van der Waals surface area contributed by atoms with Gasteiger partial charge >= 0.3 is 0 Å². The third kappa shape index (κ3) is 5.59. The third-order valence-corrected chi connectivity index (χ3v) is 2.48. The summed E-state index contributed by atoms with van der Waals surface area (Å²) in [5.74, 6) is 0. The highest BCUT2D eigenvalue weighted by Crippen LogP contribution is 2.14. The van der Waals surface area contributed by atoms with Crippen LogP contribution in [0.3, 0.4) is 0 Å². The van der Waals surface area contributed by atoms with Gasteiger partial charge in [-0.1, -0.05) is 6.08 Å². The predicted octanol–water partition coefficient (Wildman–Crippen LogP) is 1.45. The third-order valence-electron chi connectivity index (χ3n) is 2.03. The zero-order valence-electron chi connectivity index (χ0n) is 10.4. The molecule has 0 unspecified atom stereocenters. The van der Waals surface area contributed by atoms with Gasteiger partial charge in [0.15, 0.2) is 10.2 Å². The number of rotatable bonds is 4. The van der Waals surface area contributed by atoms with E-state index >= 15 is 0 Å². The van der Waals surface area contributed by atoms with Crippen LogP contribution in [0, 0.1) is 10.1 Å². The summed E-state index contributed by atoms with van der Waals surface area (Å²) in [5, 5.41) is 16.9. The molecule has 0 bridgehead atoms. The molecule has 9 heteroatoms. The Morgan fingerprint density at radius 2 is 1.85 bits per heavy atom. The molecule has 0 aliphatic heterocycles. The van der Waals surface area contributed by atoms with Crippen LogP contribution in [0.5, 0.6) is 0 Å². The summed E-state index contributed by atoms with van der Waals surface area (Å²) in [6, 6.07) is 5.88. The lowest BCUT2D eigenvalue weighted by molar-refractivity contribution is -0.384. The van der Waals surface area contributed by atoms with Crippen molar-refractivity contribution in [1.82, 2.24) is 16.2 Å². The molecule has 0 saturated carbocycles. The summed E-state index contributed by atoms with van der Waals surface area (Å²) in [7, 11) is 0. The van der Waals surface area contributed by atoms with Gasteiger partial charge in [0.25, 0.3) is 5.69 Å². The van der Waals surface area contributed by atoms with Crippen molar-refractivity contribution in [2.45, 2.75) is 0 Å². The SMILES string of the molecule is C=CCNC(=S)NNC(=S)Nc1ccc([N+](=O)[O-])cc1. The van der Waals surface area contributed by atoms with E-state index in [1.807, 2.05) is 0 Å². The van der Waals surface area contributed by atoms with Gasteiger partial charge in [0.2, 0.25) is 0 Å². The molecule has 20 heavy (non-hydrogen) atoms. The summed E-state index contributed by atoms with van der Waals surface area (Å²) in [4.78, 5) is 10.0. The first-order valence-electron chi connectivity index (χ1n) is 5.49. The number of nitrogens with zero attached hydrogens (tertiary/aromatic N) is 1. The molecule has 106 valence electrons. The van der Waals surface area contributed by atoms with Gasteiger partial charge in [0.05, 0.1) is 4.92 Å². The normalized spacial score (nSPS) is 9.20. The number of benzene rings is 1. The van der Waals surface area contributed by atoms with E-state index in [0.717, 1.165) is 0 Å². The number of nitro groups is 1. The van der Waals surface area contributed by atoms with Crippen LogP contribution in [-0.2, 0) is 0 Å². The number of non-ortho nitro benzene ring substituents is 1. The summed E-state index contributed by atoms with van der Waals surface area (Å²) in [6.07, 6.45) is 1.67. The molecule has 0 fully saturated rings. The van der Waals surface area contributed by atoms with Crippen LogP contribution in [0.15, 0.2) is 36.9 Å².